The molecular formula is C12H22N2O2S4. The molecule has 0 fully saturated rings. The molecule has 0 rings (SSSR count). The third-order valence-electron chi connectivity index (χ3n) is 2.77. The molecule has 0 aromatic heterocycles. The Morgan fingerprint density at radius 1 is 1.35 bits per heavy atom. The van der Waals surface area contributed by atoms with Crippen molar-refractivity contribution in [1.82, 2.24) is 10.2 Å². The summed E-state index contributed by atoms with van der Waals surface area (Å²) in [6.45, 7) is 6.14. The zero-order chi connectivity index (χ0) is 15.5. The van der Waals surface area contributed by atoms with Gasteiger partial charge in [0.05, 0.1) is 12.5 Å². The number of rotatable bonds is 9. The number of hydrogen-bond acceptors (Lipinski definition) is 4. The lowest BCUT2D eigenvalue weighted by Gasteiger charge is -2.22. The Bertz CT molecular complexity index is 339. The van der Waals surface area contributed by atoms with Gasteiger partial charge in [0.25, 0.3) is 0 Å². The van der Waals surface area contributed by atoms with E-state index in [4.69, 9.17) is 29.2 Å². The summed E-state index contributed by atoms with van der Waals surface area (Å²) in [5.74, 6) is -0.230. The number of carbonyl (C=O) groups is 1. The molecule has 0 radical (unpaired) electrons. The Balaban J connectivity index is 3.94. The molecule has 8 heteroatoms. The average molecular weight is 355 g/mol. The van der Waals surface area contributed by atoms with Gasteiger partial charge in [0.1, 0.15) is 15.2 Å². The maximum Gasteiger partial charge on any atom is 0.308 e. The van der Waals surface area contributed by atoms with Crippen LogP contribution in [0.1, 0.15) is 26.7 Å². The van der Waals surface area contributed by atoms with Crippen LogP contribution in [-0.2, 0) is 9.53 Å². The summed E-state index contributed by atoms with van der Waals surface area (Å²) in [6.07, 6.45) is 1.63. The highest BCUT2D eigenvalue weighted by Crippen LogP contribution is 2.04. The van der Waals surface area contributed by atoms with Gasteiger partial charge < -0.3 is 15.0 Å². The van der Waals surface area contributed by atoms with Gasteiger partial charge in [-0.2, -0.15) is 0 Å². The van der Waals surface area contributed by atoms with Gasteiger partial charge in [-0.25, -0.2) is 0 Å². The van der Waals surface area contributed by atoms with Crippen molar-refractivity contribution in [2.75, 3.05) is 26.2 Å². The molecule has 0 heterocycles. The highest BCUT2D eigenvalue weighted by atomic mass is 32.1. The van der Waals surface area contributed by atoms with Crippen LogP contribution in [0, 0.1) is 5.92 Å². The molecule has 116 valence electrons. The molecule has 4 nitrogen and oxygen atoms in total. The van der Waals surface area contributed by atoms with Gasteiger partial charge in [-0.15, -0.1) is 25.3 Å². The van der Waals surface area contributed by atoms with Gasteiger partial charge in [0.2, 0.25) is 0 Å². The molecule has 1 N–H and O–H groups in total. The number of nitrogens with zero attached hydrogens (tertiary/aromatic N) is 1. The minimum absolute atomic E-state index is 0.0630. The van der Waals surface area contributed by atoms with Crippen molar-refractivity contribution in [1.29, 1.82) is 0 Å². The van der Waals surface area contributed by atoms with Gasteiger partial charge >= 0.3 is 5.97 Å². The second kappa shape index (κ2) is 11.6. The first-order valence-electron chi connectivity index (χ1n) is 6.49. The molecule has 20 heavy (non-hydrogen) atoms. The van der Waals surface area contributed by atoms with Crippen LogP contribution in [0.15, 0.2) is 0 Å². The van der Waals surface area contributed by atoms with Crippen LogP contribution in [0.5, 0.6) is 0 Å². The summed E-state index contributed by atoms with van der Waals surface area (Å²) in [4.78, 5) is 13.4. The van der Waals surface area contributed by atoms with Crippen molar-refractivity contribution < 1.29 is 9.53 Å². The van der Waals surface area contributed by atoms with E-state index < -0.39 is 0 Å². The van der Waals surface area contributed by atoms with Crippen LogP contribution in [0.2, 0.25) is 0 Å². The van der Waals surface area contributed by atoms with E-state index >= 15 is 0 Å². The number of thiol groups is 2. The van der Waals surface area contributed by atoms with E-state index in [9.17, 15) is 4.79 Å². The monoisotopic (exact) mass is 354 g/mol. The molecule has 1 atom stereocenters. The van der Waals surface area contributed by atoms with Crippen molar-refractivity contribution >= 4 is 64.3 Å². The molecule has 0 spiro atoms. The third-order valence-corrected chi connectivity index (χ3v) is 3.62. The van der Waals surface area contributed by atoms with Crippen molar-refractivity contribution in [3.63, 3.8) is 0 Å². The van der Waals surface area contributed by atoms with Crippen molar-refractivity contribution in [2.24, 2.45) is 5.92 Å². The Hall–Kier alpha value is -0.0500. The van der Waals surface area contributed by atoms with E-state index in [1.807, 2.05) is 18.7 Å². The molecule has 0 aliphatic carbocycles. The van der Waals surface area contributed by atoms with Crippen molar-refractivity contribution in [2.45, 2.75) is 26.7 Å². The fourth-order valence-corrected chi connectivity index (χ4v) is 1.93. The Morgan fingerprint density at radius 3 is 2.50 bits per heavy atom. The largest absolute Gasteiger partial charge is 0.464 e. The molecule has 0 aliphatic rings. The highest BCUT2D eigenvalue weighted by molar-refractivity contribution is 8.11. The number of ether oxygens (including phenoxy) is 1. The average Bonchev–Trinajstić information content (AvgIpc) is 2.39. The summed E-state index contributed by atoms with van der Waals surface area (Å²) in [5.41, 5.74) is 0. The number of thiocarbonyl (C=S) groups is 2. The predicted molar refractivity (Wildman–Crippen MR) is 97.8 cm³/mol. The van der Waals surface area contributed by atoms with Crippen molar-refractivity contribution in [3.8, 4) is 0 Å². The molecule has 0 aliphatic heterocycles. The van der Waals surface area contributed by atoms with E-state index in [1.54, 1.807) is 0 Å². The summed E-state index contributed by atoms with van der Waals surface area (Å²) in [7, 11) is 0. The Labute approximate surface area is 142 Å². The van der Waals surface area contributed by atoms with Gasteiger partial charge in [-0.1, -0.05) is 38.3 Å². The zero-order valence-electron chi connectivity index (χ0n) is 11.8. The first-order valence-corrected chi connectivity index (χ1v) is 8.20. The Morgan fingerprint density at radius 2 is 2.00 bits per heavy atom. The maximum absolute atomic E-state index is 11.5. The van der Waals surface area contributed by atoms with Gasteiger partial charge in [-0.05, 0) is 12.8 Å². The topological polar surface area (TPSA) is 41.6 Å². The van der Waals surface area contributed by atoms with E-state index in [0.29, 0.717) is 21.8 Å². The van der Waals surface area contributed by atoms with E-state index in [0.717, 1.165) is 25.9 Å². The van der Waals surface area contributed by atoms with Gasteiger partial charge in [0, 0.05) is 13.1 Å². The lowest BCUT2D eigenvalue weighted by atomic mass is 10.1. The number of nitrogens with one attached hydrogen (secondary N) is 1. The third kappa shape index (κ3) is 9.79. The molecule has 0 saturated carbocycles. The van der Waals surface area contributed by atoms with E-state index in [2.05, 4.69) is 30.6 Å². The minimum Gasteiger partial charge on any atom is -0.464 e. The second-order valence-corrected chi connectivity index (χ2v) is 6.60. The number of esters is 1. The predicted octanol–water partition coefficient (Wildman–Crippen LogP) is 2.29. The lowest BCUT2D eigenvalue weighted by molar-refractivity contribution is -0.148. The first-order chi connectivity index (χ1) is 9.38. The molecule has 0 saturated heterocycles. The quantitative estimate of drug-likeness (QED) is 0.255. The maximum atomic E-state index is 11.5. The summed E-state index contributed by atoms with van der Waals surface area (Å²) < 4.78 is 6.17. The smallest absolute Gasteiger partial charge is 0.308 e. The fourth-order valence-electron chi connectivity index (χ4n) is 1.33. The molecule has 1 unspecified atom stereocenters. The van der Waals surface area contributed by atoms with Crippen LogP contribution in [0.3, 0.4) is 0 Å². The summed E-state index contributed by atoms with van der Waals surface area (Å²) in [6, 6.07) is 0. The molecule has 0 bridgehead atoms. The fraction of sp³-hybridized carbons (Fsp3) is 0.750. The normalized spacial score (nSPS) is 11.6. The highest BCUT2D eigenvalue weighted by Gasteiger charge is 2.13. The van der Waals surface area contributed by atoms with E-state index in [1.165, 1.54) is 0 Å². The second-order valence-electron chi connectivity index (χ2n) is 4.33. The minimum atomic E-state index is -0.167. The molecule has 0 amide bonds. The lowest BCUT2D eigenvalue weighted by Crippen LogP contribution is -2.33. The first kappa shape index (κ1) is 19.9. The molecular weight excluding hydrogens is 332 g/mol. The van der Waals surface area contributed by atoms with Crippen LogP contribution in [-0.4, -0.2) is 45.8 Å². The van der Waals surface area contributed by atoms with Crippen LogP contribution < -0.4 is 5.32 Å². The van der Waals surface area contributed by atoms with Crippen molar-refractivity contribution in [3.05, 3.63) is 0 Å². The molecule has 0 aromatic rings. The zero-order valence-corrected chi connectivity index (χ0v) is 15.2. The standard InChI is InChI=1S/C12H22N2O2S4/c1-3-9(2)10(15)16-8-7-14(12(19)20)6-4-5-13-11(17)18/h9H,3-8H2,1-2H3,(H,19,20)(H2,13,17,18). The number of carbonyl (C=O) groups excluding carboxylic acids is 1. The van der Waals surface area contributed by atoms with Gasteiger partial charge in [-0.3, -0.25) is 4.79 Å². The van der Waals surface area contributed by atoms with Gasteiger partial charge in [0.15, 0.2) is 0 Å². The summed E-state index contributed by atoms with van der Waals surface area (Å²) >= 11 is 18.0. The summed E-state index contributed by atoms with van der Waals surface area (Å²) in [5, 5.41) is 2.95. The van der Waals surface area contributed by atoms with E-state index in [-0.39, 0.29) is 11.9 Å². The Kier molecular flexibility index (Phi) is 11.6. The molecule has 0 aromatic carbocycles. The number of hydrogen-bond donors (Lipinski definition) is 3. The van der Waals surface area contributed by atoms with Crippen LogP contribution in [0.4, 0.5) is 0 Å². The van der Waals surface area contributed by atoms with Crippen LogP contribution in [0.25, 0.3) is 0 Å². The SMILES string of the molecule is CCC(C)C(=O)OCCN(CCCNC(=S)S)C(=S)S. The van der Waals surface area contributed by atoms with Crippen LogP contribution >= 0.6 is 49.7 Å².